The Morgan fingerprint density at radius 3 is 1.12 bits per heavy atom. The number of nitrogens with two attached hydrogens (primary N) is 1. The molecule has 294 valence electrons. The van der Waals surface area contributed by atoms with Gasteiger partial charge in [0.2, 0.25) is 0 Å². The molecule has 0 saturated heterocycles. The summed E-state index contributed by atoms with van der Waals surface area (Å²) in [7, 11) is 2.14. The molecule has 0 aliphatic rings. The zero-order chi connectivity index (χ0) is 36.6. The molecule has 50 heavy (non-hydrogen) atoms. The average molecular weight is 706 g/mol. The molecule has 0 rings (SSSR count). The van der Waals surface area contributed by atoms with Crippen LogP contribution < -0.4 is 5.73 Å². The van der Waals surface area contributed by atoms with Crippen LogP contribution >= 0.6 is 0 Å². The van der Waals surface area contributed by atoms with E-state index < -0.39 is 0 Å². The molecular weight excluding hydrogens is 620 g/mol. The standard InChI is InChI=1S/C44H85N2O4/c1-4-6-8-10-12-14-16-18-20-22-24-26-28-30-32-35-43(47)49-41-39-46(3,38-34-37-45)40-42-50-44(48)36-33-31-29-27-25-23-21-19-17-15-13-11-9-7-5-2/h18-21H,4-17,22-42,45H2,1-3H3/q+1. The van der Waals surface area contributed by atoms with Crippen molar-refractivity contribution in [2.24, 2.45) is 5.73 Å². The molecule has 0 atom stereocenters. The Bertz CT molecular complexity index is 739. The van der Waals surface area contributed by atoms with E-state index >= 15 is 0 Å². The van der Waals surface area contributed by atoms with E-state index in [2.05, 4.69) is 45.2 Å². The van der Waals surface area contributed by atoms with E-state index in [-0.39, 0.29) is 11.9 Å². The monoisotopic (exact) mass is 706 g/mol. The maximum atomic E-state index is 12.3. The van der Waals surface area contributed by atoms with E-state index in [4.69, 9.17) is 15.2 Å². The van der Waals surface area contributed by atoms with E-state index in [9.17, 15) is 9.59 Å². The first-order valence-corrected chi connectivity index (χ1v) is 21.6. The first-order chi connectivity index (χ1) is 24.5. The molecule has 0 aliphatic carbocycles. The van der Waals surface area contributed by atoms with Crippen molar-refractivity contribution >= 4 is 11.9 Å². The molecule has 0 aromatic heterocycles. The third-order valence-electron chi connectivity index (χ3n) is 9.98. The summed E-state index contributed by atoms with van der Waals surface area (Å²) in [6.07, 6.45) is 43.8. The lowest BCUT2D eigenvalue weighted by Gasteiger charge is -2.34. The van der Waals surface area contributed by atoms with Gasteiger partial charge in [-0.05, 0) is 70.8 Å². The van der Waals surface area contributed by atoms with Crippen LogP contribution in [0.2, 0.25) is 0 Å². The minimum atomic E-state index is -0.0978. The molecule has 6 nitrogen and oxygen atoms in total. The minimum absolute atomic E-state index is 0.0978. The number of unbranched alkanes of at least 4 members (excludes halogenated alkanes) is 22. The largest absolute Gasteiger partial charge is 0.460 e. The lowest BCUT2D eigenvalue weighted by molar-refractivity contribution is -0.909. The van der Waals surface area contributed by atoms with Crippen LogP contribution in [-0.2, 0) is 19.1 Å². The topological polar surface area (TPSA) is 78.6 Å². The fraction of sp³-hybridized carbons (Fsp3) is 0.864. The Kier molecular flexibility index (Phi) is 37.3. The minimum Gasteiger partial charge on any atom is -0.460 e. The average Bonchev–Trinajstić information content (AvgIpc) is 3.10. The molecular formula is C44H85N2O4+. The molecule has 2 N–H and O–H groups in total. The molecule has 0 aromatic rings. The van der Waals surface area contributed by atoms with Gasteiger partial charge in [0.05, 0.1) is 13.6 Å². The summed E-state index contributed by atoms with van der Waals surface area (Å²) in [4.78, 5) is 24.7. The van der Waals surface area contributed by atoms with Gasteiger partial charge in [-0.1, -0.05) is 141 Å². The SMILES string of the molecule is CCCCCCCCC=CCCCCCCCC(=O)OCC[N+](C)(CCCN)CCOC(=O)CCCCCCCC=CCCCCCCCC. The number of carbonyl (C=O) groups excluding carboxylic acids is 2. The number of likely N-dealkylation sites (N-methyl/N-ethyl adjacent to an activating group) is 1. The van der Waals surface area contributed by atoms with Crippen molar-refractivity contribution in [3.05, 3.63) is 24.3 Å². The van der Waals surface area contributed by atoms with Gasteiger partial charge in [-0.25, -0.2) is 0 Å². The van der Waals surface area contributed by atoms with Crippen LogP contribution in [0.5, 0.6) is 0 Å². The molecule has 0 unspecified atom stereocenters. The third-order valence-corrected chi connectivity index (χ3v) is 9.98. The van der Waals surface area contributed by atoms with Crippen molar-refractivity contribution in [3.63, 3.8) is 0 Å². The number of allylic oxidation sites excluding steroid dienone is 4. The Hall–Kier alpha value is -1.66. The van der Waals surface area contributed by atoms with Gasteiger partial charge in [0, 0.05) is 19.3 Å². The van der Waals surface area contributed by atoms with Crippen LogP contribution in [-0.4, -0.2) is 62.9 Å². The second-order valence-electron chi connectivity index (χ2n) is 15.0. The van der Waals surface area contributed by atoms with Crippen LogP contribution in [0.1, 0.15) is 200 Å². The highest BCUT2D eigenvalue weighted by molar-refractivity contribution is 5.69. The summed E-state index contributed by atoms with van der Waals surface area (Å²) < 4.78 is 11.9. The fourth-order valence-corrected chi connectivity index (χ4v) is 6.39. The third kappa shape index (κ3) is 36.1. The zero-order valence-corrected chi connectivity index (χ0v) is 33.7. The van der Waals surface area contributed by atoms with E-state index in [1.54, 1.807) is 0 Å². The number of ether oxygens (including phenoxy) is 2. The van der Waals surface area contributed by atoms with E-state index in [1.807, 2.05) is 0 Å². The van der Waals surface area contributed by atoms with Crippen molar-refractivity contribution < 1.29 is 23.5 Å². The summed E-state index contributed by atoms with van der Waals surface area (Å²) >= 11 is 0. The second-order valence-corrected chi connectivity index (χ2v) is 15.0. The molecule has 0 saturated carbocycles. The van der Waals surface area contributed by atoms with Crippen LogP contribution in [0.15, 0.2) is 24.3 Å². The maximum absolute atomic E-state index is 12.3. The molecule has 6 heteroatoms. The molecule has 0 bridgehead atoms. The van der Waals surface area contributed by atoms with Gasteiger partial charge in [0.25, 0.3) is 0 Å². The highest BCUT2D eigenvalue weighted by atomic mass is 16.5. The van der Waals surface area contributed by atoms with Gasteiger partial charge < -0.3 is 19.7 Å². The lowest BCUT2D eigenvalue weighted by atomic mass is 10.1. The number of rotatable bonds is 39. The predicted molar refractivity (Wildman–Crippen MR) is 215 cm³/mol. The maximum Gasteiger partial charge on any atom is 0.305 e. The zero-order valence-electron chi connectivity index (χ0n) is 33.7. The number of hydrogen-bond acceptors (Lipinski definition) is 5. The highest BCUT2D eigenvalue weighted by Crippen LogP contribution is 2.13. The lowest BCUT2D eigenvalue weighted by Crippen LogP contribution is -2.50. The summed E-state index contributed by atoms with van der Waals surface area (Å²) in [6.45, 7) is 8.26. The van der Waals surface area contributed by atoms with Gasteiger partial charge in [0.1, 0.15) is 26.3 Å². The smallest absolute Gasteiger partial charge is 0.305 e. The van der Waals surface area contributed by atoms with Gasteiger partial charge in [-0.2, -0.15) is 0 Å². The number of carbonyl (C=O) groups is 2. The summed E-state index contributed by atoms with van der Waals surface area (Å²) in [5, 5.41) is 0. The van der Waals surface area contributed by atoms with Crippen LogP contribution in [0, 0.1) is 0 Å². The van der Waals surface area contributed by atoms with Gasteiger partial charge in [0.15, 0.2) is 0 Å². The molecule has 0 aromatic carbocycles. The van der Waals surface area contributed by atoms with Crippen molar-refractivity contribution in [1.82, 2.24) is 0 Å². The van der Waals surface area contributed by atoms with E-state index in [1.165, 1.54) is 141 Å². The number of esters is 2. The Labute approximate surface area is 311 Å². The molecule has 0 amide bonds. The molecule has 0 spiro atoms. The quantitative estimate of drug-likeness (QED) is 0.0298. The molecule has 0 heterocycles. The van der Waals surface area contributed by atoms with Crippen molar-refractivity contribution in [3.8, 4) is 0 Å². The first-order valence-electron chi connectivity index (χ1n) is 21.6. The fourth-order valence-electron chi connectivity index (χ4n) is 6.39. The van der Waals surface area contributed by atoms with E-state index in [0.717, 1.165) is 38.6 Å². The van der Waals surface area contributed by atoms with Gasteiger partial charge >= 0.3 is 11.9 Å². The Morgan fingerprint density at radius 2 is 0.780 bits per heavy atom. The van der Waals surface area contributed by atoms with Crippen molar-refractivity contribution in [1.29, 1.82) is 0 Å². The Balaban J connectivity index is 3.84. The number of quaternary nitrogens is 1. The summed E-state index contributed by atoms with van der Waals surface area (Å²) in [5.74, 6) is -0.196. The number of hydrogen-bond donors (Lipinski definition) is 1. The van der Waals surface area contributed by atoms with Gasteiger partial charge in [-0.3, -0.25) is 9.59 Å². The second kappa shape index (κ2) is 38.6. The predicted octanol–water partition coefficient (Wildman–Crippen LogP) is 11.9. The highest BCUT2D eigenvalue weighted by Gasteiger charge is 2.22. The first kappa shape index (κ1) is 48.3. The van der Waals surface area contributed by atoms with Crippen LogP contribution in [0.4, 0.5) is 0 Å². The molecule has 0 radical (unpaired) electrons. The summed E-state index contributed by atoms with van der Waals surface area (Å²) in [6, 6.07) is 0. The van der Waals surface area contributed by atoms with E-state index in [0.29, 0.717) is 50.2 Å². The number of nitrogens with zero attached hydrogens (tertiary/aromatic N) is 1. The van der Waals surface area contributed by atoms with Crippen molar-refractivity contribution in [2.45, 2.75) is 200 Å². The van der Waals surface area contributed by atoms with Crippen molar-refractivity contribution in [2.75, 3.05) is 46.4 Å². The van der Waals surface area contributed by atoms with Crippen LogP contribution in [0.3, 0.4) is 0 Å². The van der Waals surface area contributed by atoms with Gasteiger partial charge in [-0.15, -0.1) is 0 Å². The molecule has 0 fully saturated rings. The molecule has 0 aliphatic heterocycles. The Morgan fingerprint density at radius 1 is 0.460 bits per heavy atom. The normalized spacial score (nSPS) is 13.0. The summed E-state index contributed by atoms with van der Waals surface area (Å²) in [5.41, 5.74) is 5.80. The van der Waals surface area contributed by atoms with Crippen LogP contribution in [0.25, 0.3) is 0 Å².